The van der Waals surface area contributed by atoms with Crippen molar-refractivity contribution in [2.75, 3.05) is 31.3 Å². The molecular formula is C23H28N6O3. The van der Waals surface area contributed by atoms with Gasteiger partial charge in [0.25, 0.3) is 0 Å². The van der Waals surface area contributed by atoms with Gasteiger partial charge < -0.3 is 19.8 Å². The Labute approximate surface area is 186 Å². The lowest BCUT2D eigenvalue weighted by Gasteiger charge is -2.37. The van der Waals surface area contributed by atoms with E-state index in [2.05, 4.69) is 39.0 Å². The molecule has 0 unspecified atom stereocenters. The fourth-order valence-electron chi connectivity index (χ4n) is 4.82. The van der Waals surface area contributed by atoms with Gasteiger partial charge in [-0.25, -0.2) is 4.98 Å². The van der Waals surface area contributed by atoms with Crippen LogP contribution in [0.25, 0.3) is 16.9 Å². The summed E-state index contributed by atoms with van der Waals surface area (Å²) in [6.07, 6.45) is 6.29. The van der Waals surface area contributed by atoms with E-state index >= 15 is 0 Å². The number of fused-ring (bicyclic) bond motifs is 1. The fourth-order valence-corrected chi connectivity index (χ4v) is 4.82. The highest BCUT2D eigenvalue weighted by Crippen LogP contribution is 2.43. The van der Waals surface area contributed by atoms with Crippen LogP contribution < -0.4 is 4.90 Å². The van der Waals surface area contributed by atoms with Crippen molar-refractivity contribution in [3.63, 3.8) is 0 Å². The van der Waals surface area contributed by atoms with Crippen LogP contribution in [-0.2, 0) is 10.3 Å². The number of nitrogens with one attached hydrogen (secondary N) is 1. The maximum atomic E-state index is 11.8. The van der Waals surface area contributed by atoms with Gasteiger partial charge in [0.2, 0.25) is 0 Å². The van der Waals surface area contributed by atoms with Crippen LogP contribution in [0.4, 0.5) is 5.82 Å². The van der Waals surface area contributed by atoms with Crippen molar-refractivity contribution in [2.24, 2.45) is 5.92 Å². The molecule has 1 saturated heterocycles. The lowest BCUT2D eigenvalue weighted by Crippen LogP contribution is -2.44. The van der Waals surface area contributed by atoms with E-state index in [1.54, 1.807) is 17.1 Å². The standard InChI is InChI=1S/C23H28N6O3/c1-16-15-32-12-10-28(16)21-13-19(23(31)7-4-17(5-8-23)3-2-11-30)18-14-25-29(22(18)26-21)20-6-9-24-27-20/h6,9,13-14,16-17,30-31H,4-5,7-8,10-12,15H2,1H3,(H,24,27)/t16-,17?,23?/m1/s1. The molecule has 2 aliphatic rings. The molecule has 1 aliphatic heterocycles. The summed E-state index contributed by atoms with van der Waals surface area (Å²) in [6, 6.07) is 4.06. The van der Waals surface area contributed by atoms with Crippen LogP contribution >= 0.6 is 0 Å². The molecular weight excluding hydrogens is 408 g/mol. The zero-order valence-corrected chi connectivity index (χ0v) is 18.2. The number of aliphatic hydroxyl groups excluding tert-OH is 1. The minimum Gasteiger partial charge on any atom is -0.385 e. The topological polar surface area (TPSA) is 112 Å². The molecule has 0 amide bonds. The monoisotopic (exact) mass is 436 g/mol. The van der Waals surface area contributed by atoms with Crippen molar-refractivity contribution in [1.82, 2.24) is 25.0 Å². The highest BCUT2D eigenvalue weighted by Gasteiger charge is 2.37. The van der Waals surface area contributed by atoms with E-state index in [1.165, 1.54) is 0 Å². The molecule has 4 heterocycles. The van der Waals surface area contributed by atoms with Crippen LogP contribution in [0.2, 0.25) is 0 Å². The van der Waals surface area contributed by atoms with Crippen molar-refractivity contribution in [1.29, 1.82) is 0 Å². The van der Waals surface area contributed by atoms with Crippen LogP contribution in [-0.4, -0.2) is 67.6 Å². The second-order valence-electron chi connectivity index (χ2n) is 8.66. The molecule has 0 spiro atoms. The first-order valence-electron chi connectivity index (χ1n) is 11.1. The van der Waals surface area contributed by atoms with E-state index in [0.717, 1.165) is 36.2 Å². The van der Waals surface area contributed by atoms with Gasteiger partial charge in [0.1, 0.15) is 12.4 Å². The first-order chi connectivity index (χ1) is 15.6. The number of rotatable bonds is 3. The largest absolute Gasteiger partial charge is 0.385 e. The third-order valence-electron chi connectivity index (χ3n) is 6.59. The van der Waals surface area contributed by atoms with Gasteiger partial charge in [-0.2, -0.15) is 14.9 Å². The highest BCUT2D eigenvalue weighted by molar-refractivity contribution is 5.83. The Bertz CT molecular complexity index is 1140. The predicted molar refractivity (Wildman–Crippen MR) is 119 cm³/mol. The summed E-state index contributed by atoms with van der Waals surface area (Å²) in [5, 5.41) is 33.3. The zero-order valence-electron chi connectivity index (χ0n) is 18.2. The summed E-state index contributed by atoms with van der Waals surface area (Å²) in [5.41, 5.74) is 0.549. The molecule has 1 atom stereocenters. The number of H-pyrrole nitrogens is 1. The Balaban J connectivity index is 1.60. The van der Waals surface area contributed by atoms with Crippen LogP contribution in [0.1, 0.15) is 38.2 Å². The Morgan fingerprint density at radius 1 is 1.31 bits per heavy atom. The van der Waals surface area contributed by atoms with Crippen molar-refractivity contribution in [2.45, 2.75) is 44.2 Å². The number of aromatic nitrogens is 5. The predicted octanol–water partition coefficient (Wildman–Crippen LogP) is 1.74. The van der Waals surface area contributed by atoms with Crippen LogP contribution in [0.5, 0.6) is 0 Å². The van der Waals surface area contributed by atoms with E-state index in [0.29, 0.717) is 37.5 Å². The molecule has 3 aromatic heterocycles. The number of hydrogen-bond acceptors (Lipinski definition) is 7. The first kappa shape index (κ1) is 20.9. The van der Waals surface area contributed by atoms with Gasteiger partial charge in [-0.05, 0) is 44.2 Å². The summed E-state index contributed by atoms with van der Waals surface area (Å²) in [6.45, 7) is 4.03. The summed E-state index contributed by atoms with van der Waals surface area (Å²) >= 11 is 0. The molecule has 0 bridgehead atoms. The van der Waals surface area contributed by atoms with Gasteiger partial charge in [-0.3, -0.25) is 5.10 Å². The molecule has 0 aromatic carbocycles. The third-order valence-corrected chi connectivity index (χ3v) is 6.59. The van der Waals surface area contributed by atoms with Crippen molar-refractivity contribution in [3.05, 3.63) is 30.1 Å². The summed E-state index contributed by atoms with van der Waals surface area (Å²) in [4.78, 5) is 7.20. The van der Waals surface area contributed by atoms with Crippen LogP contribution in [0, 0.1) is 17.8 Å². The molecule has 5 rings (SSSR count). The smallest absolute Gasteiger partial charge is 0.177 e. The van der Waals surface area contributed by atoms with E-state index in [9.17, 15) is 5.11 Å². The second-order valence-corrected chi connectivity index (χ2v) is 8.66. The molecule has 32 heavy (non-hydrogen) atoms. The maximum absolute atomic E-state index is 11.8. The highest BCUT2D eigenvalue weighted by atomic mass is 16.5. The quantitative estimate of drug-likeness (QED) is 0.536. The SMILES string of the molecule is C[C@@H]1COCCN1c1cc(C2(O)CCC(C#CCO)CC2)c2cnn(-c3cc[nH]n3)c2n1. The summed E-state index contributed by atoms with van der Waals surface area (Å²) < 4.78 is 7.33. The molecule has 168 valence electrons. The van der Waals surface area contributed by atoms with Crippen LogP contribution in [0.3, 0.4) is 0 Å². The average Bonchev–Trinajstić information content (AvgIpc) is 3.48. The maximum Gasteiger partial charge on any atom is 0.177 e. The number of hydrogen-bond donors (Lipinski definition) is 3. The number of morpholine rings is 1. The minimum absolute atomic E-state index is 0.126. The first-order valence-corrected chi connectivity index (χ1v) is 11.1. The Morgan fingerprint density at radius 3 is 2.88 bits per heavy atom. The normalized spacial score (nSPS) is 26.2. The van der Waals surface area contributed by atoms with Gasteiger partial charge in [-0.15, -0.1) is 0 Å². The van der Waals surface area contributed by atoms with E-state index in [4.69, 9.17) is 14.8 Å². The van der Waals surface area contributed by atoms with Gasteiger partial charge in [-0.1, -0.05) is 11.8 Å². The van der Waals surface area contributed by atoms with Gasteiger partial charge in [0.15, 0.2) is 11.5 Å². The second kappa shape index (κ2) is 8.54. The number of aliphatic hydroxyl groups is 2. The Hall–Kier alpha value is -2.93. The number of pyridine rings is 1. The molecule has 1 aliphatic carbocycles. The number of anilines is 1. The molecule has 3 aromatic rings. The Morgan fingerprint density at radius 2 is 2.16 bits per heavy atom. The lowest BCUT2D eigenvalue weighted by atomic mass is 9.75. The van der Waals surface area contributed by atoms with E-state index < -0.39 is 5.60 Å². The molecule has 2 fully saturated rings. The van der Waals surface area contributed by atoms with Gasteiger partial charge in [0.05, 0.1) is 31.1 Å². The van der Waals surface area contributed by atoms with Crippen molar-refractivity contribution >= 4 is 16.9 Å². The zero-order chi connectivity index (χ0) is 22.1. The average molecular weight is 437 g/mol. The number of nitrogens with zero attached hydrogens (tertiary/aromatic N) is 5. The van der Waals surface area contributed by atoms with Gasteiger partial charge in [0, 0.05) is 30.1 Å². The van der Waals surface area contributed by atoms with Crippen molar-refractivity contribution in [3.8, 4) is 17.7 Å². The molecule has 3 N–H and O–H groups in total. The van der Waals surface area contributed by atoms with E-state index in [1.807, 2.05) is 12.1 Å². The number of ether oxygens (including phenoxy) is 1. The summed E-state index contributed by atoms with van der Waals surface area (Å²) in [5.74, 6) is 7.55. The summed E-state index contributed by atoms with van der Waals surface area (Å²) in [7, 11) is 0. The third kappa shape index (κ3) is 3.75. The molecule has 0 radical (unpaired) electrons. The molecule has 1 saturated carbocycles. The Kier molecular flexibility index (Phi) is 5.59. The minimum atomic E-state index is -0.984. The van der Waals surface area contributed by atoms with Crippen LogP contribution in [0.15, 0.2) is 24.5 Å². The fraction of sp³-hybridized carbons (Fsp3) is 0.522. The lowest BCUT2D eigenvalue weighted by molar-refractivity contribution is -0.00663. The van der Waals surface area contributed by atoms with Crippen molar-refractivity contribution < 1.29 is 14.9 Å². The van der Waals surface area contributed by atoms with E-state index in [-0.39, 0.29) is 18.6 Å². The van der Waals surface area contributed by atoms with Gasteiger partial charge >= 0.3 is 0 Å². The number of aromatic amines is 1. The molecule has 9 nitrogen and oxygen atoms in total. The molecule has 9 heteroatoms.